The monoisotopic (exact) mass is 324 g/mol. The summed E-state index contributed by atoms with van der Waals surface area (Å²) < 4.78 is 5.21. The molecule has 0 saturated carbocycles. The Morgan fingerprint density at radius 2 is 1.96 bits per heavy atom. The summed E-state index contributed by atoms with van der Waals surface area (Å²) in [6, 6.07) is 9.38. The van der Waals surface area contributed by atoms with Gasteiger partial charge in [0, 0.05) is 11.3 Å². The molecule has 0 saturated heterocycles. The fourth-order valence-corrected chi connectivity index (χ4v) is 3.37. The van der Waals surface area contributed by atoms with Crippen LogP contribution in [-0.4, -0.2) is 18.1 Å². The number of aromatic amines is 1. The second-order valence-corrected chi connectivity index (χ2v) is 5.96. The van der Waals surface area contributed by atoms with Crippen LogP contribution < -0.4 is 0 Å². The van der Waals surface area contributed by atoms with Crippen LogP contribution in [0.4, 0.5) is 0 Å². The van der Waals surface area contributed by atoms with E-state index in [1.807, 2.05) is 12.1 Å². The molecule has 0 aliphatic heterocycles. The molecule has 0 atom stereocenters. The van der Waals surface area contributed by atoms with E-state index in [4.69, 9.17) is 17.0 Å². The number of pyridine rings is 1. The van der Waals surface area contributed by atoms with E-state index in [0.29, 0.717) is 15.8 Å². The zero-order valence-electron chi connectivity index (χ0n) is 12.8. The predicted molar refractivity (Wildman–Crippen MR) is 89.8 cm³/mol. The van der Waals surface area contributed by atoms with Crippen molar-refractivity contribution in [2.24, 2.45) is 0 Å². The van der Waals surface area contributed by atoms with Crippen molar-refractivity contribution in [3.05, 3.63) is 51.3 Å². The number of aryl methyl sites for hydroxylation is 1. The summed E-state index contributed by atoms with van der Waals surface area (Å²) in [7, 11) is 1.36. The van der Waals surface area contributed by atoms with Crippen LogP contribution in [-0.2, 0) is 17.6 Å². The molecule has 1 aliphatic rings. The fourth-order valence-electron chi connectivity index (χ4n) is 3.10. The topological polar surface area (TPSA) is 65.9 Å². The molecule has 0 radical (unpaired) electrons. The van der Waals surface area contributed by atoms with Crippen molar-refractivity contribution in [3.8, 4) is 17.2 Å². The van der Waals surface area contributed by atoms with Crippen molar-refractivity contribution in [2.75, 3.05) is 7.11 Å². The Hall–Kier alpha value is -2.45. The zero-order valence-corrected chi connectivity index (χ0v) is 13.6. The summed E-state index contributed by atoms with van der Waals surface area (Å²) in [4.78, 5) is 14.8. The van der Waals surface area contributed by atoms with Gasteiger partial charge < -0.3 is 9.72 Å². The average Bonchev–Trinajstić information content (AvgIpc) is 2.60. The van der Waals surface area contributed by atoms with Crippen LogP contribution in [0.1, 0.15) is 40.0 Å². The number of carbonyl (C=O) groups is 1. The van der Waals surface area contributed by atoms with E-state index >= 15 is 0 Å². The third-order valence-electron chi connectivity index (χ3n) is 4.22. The van der Waals surface area contributed by atoms with Gasteiger partial charge in [-0.25, -0.2) is 4.79 Å². The first-order valence-corrected chi connectivity index (χ1v) is 7.93. The molecular weight excluding hydrogens is 308 g/mol. The number of ether oxygens (including phenoxy) is 1. The standard InChI is InChI=1S/C18H16N2O2S/c1-22-18(21)12-8-6-11(7-9-12)16-13-4-2-3-5-15(13)20-17(23)14(16)10-19/h6-9H,2-5H2,1H3,(H,20,23). The Morgan fingerprint density at radius 1 is 1.26 bits per heavy atom. The first-order valence-electron chi connectivity index (χ1n) is 7.52. The Labute approximate surface area is 139 Å². The van der Waals surface area contributed by atoms with Gasteiger partial charge in [-0.15, -0.1) is 0 Å². The summed E-state index contributed by atoms with van der Waals surface area (Å²) in [6.07, 6.45) is 4.13. The molecule has 1 heterocycles. The minimum Gasteiger partial charge on any atom is -0.465 e. The van der Waals surface area contributed by atoms with E-state index in [1.54, 1.807) is 12.1 Å². The molecule has 4 nitrogen and oxygen atoms in total. The molecule has 1 aliphatic carbocycles. The van der Waals surface area contributed by atoms with E-state index in [0.717, 1.165) is 42.5 Å². The molecule has 0 unspecified atom stereocenters. The molecule has 0 fully saturated rings. The highest BCUT2D eigenvalue weighted by Crippen LogP contribution is 2.34. The number of hydrogen-bond donors (Lipinski definition) is 1. The smallest absolute Gasteiger partial charge is 0.337 e. The highest BCUT2D eigenvalue weighted by Gasteiger charge is 2.20. The molecule has 1 aromatic carbocycles. The minimum atomic E-state index is -0.371. The molecular formula is C18H16N2O2S. The fraction of sp³-hybridized carbons (Fsp3) is 0.278. The largest absolute Gasteiger partial charge is 0.465 e. The number of H-pyrrole nitrogens is 1. The molecule has 3 rings (SSSR count). The van der Waals surface area contributed by atoms with Gasteiger partial charge in [0.25, 0.3) is 0 Å². The van der Waals surface area contributed by atoms with Gasteiger partial charge in [-0.1, -0.05) is 24.4 Å². The number of rotatable bonds is 2. The molecule has 5 heteroatoms. The lowest BCUT2D eigenvalue weighted by Gasteiger charge is -2.21. The summed E-state index contributed by atoms with van der Waals surface area (Å²) in [6.45, 7) is 0. The zero-order chi connectivity index (χ0) is 16.4. The van der Waals surface area contributed by atoms with Gasteiger partial charge in [0.05, 0.1) is 18.2 Å². The van der Waals surface area contributed by atoms with Crippen molar-refractivity contribution in [1.82, 2.24) is 4.98 Å². The van der Waals surface area contributed by atoms with Crippen molar-refractivity contribution in [3.63, 3.8) is 0 Å². The number of nitrogens with one attached hydrogen (secondary N) is 1. The van der Waals surface area contributed by atoms with Crippen molar-refractivity contribution in [2.45, 2.75) is 25.7 Å². The predicted octanol–water partition coefficient (Wildman–Crippen LogP) is 3.95. The van der Waals surface area contributed by atoms with Crippen LogP contribution in [0.25, 0.3) is 11.1 Å². The van der Waals surface area contributed by atoms with Crippen LogP contribution in [0, 0.1) is 16.0 Å². The van der Waals surface area contributed by atoms with Gasteiger partial charge in [-0.3, -0.25) is 0 Å². The lowest BCUT2D eigenvalue weighted by molar-refractivity contribution is 0.0601. The van der Waals surface area contributed by atoms with Crippen LogP contribution in [0.5, 0.6) is 0 Å². The van der Waals surface area contributed by atoms with E-state index in [9.17, 15) is 10.1 Å². The number of aromatic nitrogens is 1. The first kappa shape index (κ1) is 15.4. The Bertz CT molecular complexity index is 860. The molecule has 116 valence electrons. The highest BCUT2D eigenvalue weighted by molar-refractivity contribution is 7.71. The lowest BCUT2D eigenvalue weighted by atomic mass is 9.87. The second-order valence-electron chi connectivity index (χ2n) is 5.55. The maximum atomic E-state index is 11.6. The molecule has 0 amide bonds. The number of esters is 1. The maximum absolute atomic E-state index is 11.6. The van der Waals surface area contributed by atoms with Gasteiger partial charge in [0.2, 0.25) is 0 Å². The summed E-state index contributed by atoms with van der Waals surface area (Å²) in [5, 5.41) is 9.53. The molecule has 0 bridgehead atoms. The van der Waals surface area contributed by atoms with Gasteiger partial charge in [0.15, 0.2) is 0 Å². The third kappa shape index (κ3) is 2.78. The first-order chi connectivity index (χ1) is 11.2. The van der Waals surface area contributed by atoms with E-state index in [1.165, 1.54) is 12.7 Å². The van der Waals surface area contributed by atoms with Crippen molar-refractivity contribution < 1.29 is 9.53 Å². The molecule has 1 aromatic heterocycles. The summed E-state index contributed by atoms with van der Waals surface area (Å²) >= 11 is 5.36. The second kappa shape index (κ2) is 6.35. The number of nitrogens with zero attached hydrogens (tertiary/aromatic N) is 1. The quantitative estimate of drug-likeness (QED) is 0.671. The van der Waals surface area contributed by atoms with Crippen LogP contribution >= 0.6 is 12.2 Å². The van der Waals surface area contributed by atoms with E-state index in [-0.39, 0.29) is 5.97 Å². The van der Waals surface area contributed by atoms with Crippen LogP contribution in [0.3, 0.4) is 0 Å². The van der Waals surface area contributed by atoms with E-state index in [2.05, 4.69) is 11.1 Å². The van der Waals surface area contributed by atoms with Gasteiger partial charge in [0.1, 0.15) is 10.7 Å². The molecule has 0 spiro atoms. The normalized spacial score (nSPS) is 13.0. The Kier molecular flexibility index (Phi) is 4.26. The summed E-state index contributed by atoms with van der Waals surface area (Å²) in [5.74, 6) is -0.371. The number of carbonyl (C=O) groups excluding carboxylic acids is 1. The lowest BCUT2D eigenvalue weighted by Crippen LogP contribution is -2.09. The Morgan fingerprint density at radius 3 is 2.61 bits per heavy atom. The van der Waals surface area contributed by atoms with Crippen molar-refractivity contribution >= 4 is 18.2 Å². The van der Waals surface area contributed by atoms with Gasteiger partial charge in [-0.2, -0.15) is 5.26 Å². The van der Waals surface area contributed by atoms with Crippen LogP contribution in [0.15, 0.2) is 24.3 Å². The van der Waals surface area contributed by atoms with Gasteiger partial charge in [-0.05, 0) is 48.9 Å². The SMILES string of the molecule is COC(=O)c1ccc(-c2c3c([nH]c(=S)c2C#N)CCCC3)cc1. The maximum Gasteiger partial charge on any atom is 0.337 e. The van der Waals surface area contributed by atoms with Crippen LogP contribution in [0.2, 0.25) is 0 Å². The molecule has 23 heavy (non-hydrogen) atoms. The minimum absolute atomic E-state index is 0.371. The highest BCUT2D eigenvalue weighted by atomic mass is 32.1. The van der Waals surface area contributed by atoms with Gasteiger partial charge >= 0.3 is 5.97 Å². The average molecular weight is 324 g/mol. The molecule has 1 N–H and O–H groups in total. The number of hydrogen-bond acceptors (Lipinski definition) is 4. The third-order valence-corrected chi connectivity index (χ3v) is 4.52. The Balaban J connectivity index is 2.19. The number of nitriles is 1. The summed E-state index contributed by atoms with van der Waals surface area (Å²) in [5.41, 5.74) is 5.12. The molecule has 2 aromatic rings. The van der Waals surface area contributed by atoms with Crippen molar-refractivity contribution in [1.29, 1.82) is 5.26 Å². The number of benzene rings is 1. The number of fused-ring (bicyclic) bond motifs is 1. The number of methoxy groups -OCH3 is 1. The van der Waals surface area contributed by atoms with E-state index < -0.39 is 0 Å².